The van der Waals surface area contributed by atoms with Gasteiger partial charge in [-0.3, -0.25) is 14.9 Å². The highest BCUT2D eigenvalue weighted by molar-refractivity contribution is 9.10. The summed E-state index contributed by atoms with van der Waals surface area (Å²) < 4.78 is 13.9. The first-order chi connectivity index (χ1) is 9.90. The third kappa shape index (κ3) is 3.37. The zero-order chi connectivity index (χ0) is 15.6. The van der Waals surface area contributed by atoms with Crippen LogP contribution in [0.2, 0.25) is 5.02 Å². The summed E-state index contributed by atoms with van der Waals surface area (Å²) in [4.78, 5) is 22.0. The summed E-state index contributed by atoms with van der Waals surface area (Å²) in [5, 5.41) is 13.0. The Bertz CT molecular complexity index is 719. The third-order valence-corrected chi connectivity index (χ3v) is 3.56. The Morgan fingerprint density at radius 1 is 1.33 bits per heavy atom. The van der Waals surface area contributed by atoms with Crippen LogP contribution in [0, 0.1) is 15.9 Å². The van der Waals surface area contributed by atoms with E-state index < -0.39 is 16.6 Å². The lowest BCUT2D eigenvalue weighted by Crippen LogP contribution is -2.14. The van der Waals surface area contributed by atoms with Gasteiger partial charge in [0, 0.05) is 16.2 Å². The van der Waals surface area contributed by atoms with Crippen molar-refractivity contribution in [1.29, 1.82) is 0 Å². The molecule has 8 heteroatoms. The first-order valence-corrected chi connectivity index (χ1v) is 6.76. The van der Waals surface area contributed by atoms with Crippen LogP contribution in [0.4, 0.5) is 15.8 Å². The van der Waals surface area contributed by atoms with Crippen molar-refractivity contribution in [3.63, 3.8) is 0 Å². The number of nitrogens with zero attached hydrogens (tertiary/aromatic N) is 1. The van der Waals surface area contributed by atoms with Crippen molar-refractivity contribution in [1.82, 2.24) is 0 Å². The molecule has 21 heavy (non-hydrogen) atoms. The standard InChI is InChI=1S/C13H7BrClFN2O3/c14-8-2-1-3-10(16)12(8)13(19)17-7-4-5-11(18(20)21)9(15)6-7/h1-6H,(H,17,19). The number of nitrogens with one attached hydrogen (secondary N) is 1. The molecule has 1 amide bonds. The van der Waals surface area contributed by atoms with E-state index in [1.807, 2.05) is 0 Å². The maximum atomic E-state index is 13.6. The number of hydrogen-bond donors (Lipinski definition) is 1. The maximum absolute atomic E-state index is 13.6. The molecule has 0 saturated heterocycles. The van der Waals surface area contributed by atoms with Crippen LogP contribution in [0.25, 0.3) is 0 Å². The van der Waals surface area contributed by atoms with Gasteiger partial charge in [0.15, 0.2) is 0 Å². The van der Waals surface area contributed by atoms with Crippen LogP contribution < -0.4 is 5.32 Å². The van der Waals surface area contributed by atoms with Crippen LogP contribution in [0.15, 0.2) is 40.9 Å². The van der Waals surface area contributed by atoms with Crippen LogP contribution in [0.5, 0.6) is 0 Å². The number of carbonyl (C=O) groups excluding carboxylic acids is 1. The minimum atomic E-state index is -0.690. The van der Waals surface area contributed by atoms with Gasteiger partial charge in [-0.2, -0.15) is 0 Å². The van der Waals surface area contributed by atoms with E-state index in [0.717, 1.165) is 12.1 Å². The molecule has 0 atom stereocenters. The molecule has 0 aliphatic heterocycles. The minimum absolute atomic E-state index is 0.120. The van der Waals surface area contributed by atoms with Crippen LogP contribution in [0.1, 0.15) is 10.4 Å². The van der Waals surface area contributed by atoms with Crippen molar-refractivity contribution in [3.8, 4) is 0 Å². The summed E-state index contributed by atoms with van der Waals surface area (Å²) in [5.74, 6) is -1.38. The molecule has 5 nitrogen and oxygen atoms in total. The molecule has 0 fully saturated rings. The fourth-order valence-corrected chi connectivity index (χ4v) is 2.41. The largest absolute Gasteiger partial charge is 0.322 e. The number of nitro groups is 1. The molecule has 0 aromatic heterocycles. The molecular formula is C13H7BrClFN2O3. The molecule has 1 N–H and O–H groups in total. The Hall–Kier alpha value is -1.99. The average molecular weight is 374 g/mol. The molecule has 0 radical (unpaired) electrons. The quantitative estimate of drug-likeness (QED) is 0.640. The summed E-state index contributed by atoms with van der Waals surface area (Å²) in [6.07, 6.45) is 0. The summed E-state index contributed by atoms with van der Waals surface area (Å²) >= 11 is 8.83. The summed E-state index contributed by atoms with van der Waals surface area (Å²) in [6, 6.07) is 7.85. The Kier molecular flexibility index (Phi) is 4.54. The fourth-order valence-electron chi connectivity index (χ4n) is 1.64. The molecule has 0 bridgehead atoms. The number of hydrogen-bond acceptors (Lipinski definition) is 3. The zero-order valence-corrected chi connectivity index (χ0v) is 12.6. The number of rotatable bonds is 3. The molecule has 0 aliphatic rings. The van der Waals surface area contributed by atoms with Crippen molar-refractivity contribution >= 4 is 44.8 Å². The summed E-state index contributed by atoms with van der Waals surface area (Å²) in [7, 11) is 0. The van der Waals surface area contributed by atoms with Gasteiger partial charge in [-0.15, -0.1) is 0 Å². The highest BCUT2D eigenvalue weighted by Gasteiger charge is 2.17. The van der Waals surface area contributed by atoms with Crippen LogP contribution >= 0.6 is 27.5 Å². The third-order valence-electron chi connectivity index (χ3n) is 2.59. The molecule has 2 aromatic rings. The monoisotopic (exact) mass is 372 g/mol. The zero-order valence-electron chi connectivity index (χ0n) is 10.3. The molecule has 108 valence electrons. The van der Waals surface area contributed by atoms with Crippen molar-refractivity contribution in [2.24, 2.45) is 0 Å². The first-order valence-electron chi connectivity index (χ1n) is 5.59. The molecule has 0 unspecified atom stereocenters. The van der Waals surface area contributed by atoms with Crippen molar-refractivity contribution in [3.05, 3.63) is 67.4 Å². The van der Waals surface area contributed by atoms with E-state index in [9.17, 15) is 19.3 Å². The Balaban J connectivity index is 2.28. The molecule has 2 rings (SSSR count). The number of carbonyl (C=O) groups is 1. The van der Waals surface area contributed by atoms with Gasteiger partial charge in [0.05, 0.1) is 10.5 Å². The van der Waals surface area contributed by atoms with Crippen molar-refractivity contribution < 1.29 is 14.1 Å². The lowest BCUT2D eigenvalue weighted by Gasteiger charge is -2.08. The lowest BCUT2D eigenvalue weighted by atomic mass is 10.2. The smallest absolute Gasteiger partial charge is 0.288 e. The van der Waals surface area contributed by atoms with Gasteiger partial charge in [-0.25, -0.2) is 4.39 Å². The molecule has 0 aliphatic carbocycles. The van der Waals surface area contributed by atoms with Crippen molar-refractivity contribution in [2.75, 3.05) is 5.32 Å². The highest BCUT2D eigenvalue weighted by atomic mass is 79.9. The summed E-state index contributed by atoms with van der Waals surface area (Å²) in [5.41, 5.74) is -0.209. The fraction of sp³-hybridized carbons (Fsp3) is 0. The SMILES string of the molecule is O=C(Nc1ccc([N+](=O)[O-])c(Cl)c1)c1c(F)cccc1Br. The molecule has 0 heterocycles. The predicted octanol–water partition coefficient (Wildman–Crippen LogP) is 4.40. The second-order valence-electron chi connectivity index (χ2n) is 3.97. The Morgan fingerprint density at radius 3 is 2.62 bits per heavy atom. The second-order valence-corrected chi connectivity index (χ2v) is 5.24. The van der Waals surface area contributed by atoms with Crippen molar-refractivity contribution in [2.45, 2.75) is 0 Å². The number of nitro benzene ring substituents is 1. The normalized spacial score (nSPS) is 10.2. The number of halogens is 3. The van der Waals surface area contributed by atoms with Gasteiger partial charge in [0.1, 0.15) is 10.8 Å². The van der Waals surface area contributed by atoms with E-state index >= 15 is 0 Å². The van der Waals surface area contributed by atoms with Crippen LogP contribution in [-0.2, 0) is 0 Å². The van der Waals surface area contributed by atoms with Crippen LogP contribution in [0.3, 0.4) is 0 Å². The summed E-state index contributed by atoms with van der Waals surface area (Å²) in [6.45, 7) is 0. The van der Waals surface area contributed by atoms with E-state index in [0.29, 0.717) is 4.47 Å². The van der Waals surface area contributed by atoms with E-state index in [2.05, 4.69) is 21.2 Å². The molecule has 2 aromatic carbocycles. The topological polar surface area (TPSA) is 72.2 Å². The molecule has 0 spiro atoms. The van der Waals surface area contributed by atoms with E-state index in [4.69, 9.17) is 11.6 Å². The van der Waals surface area contributed by atoms with Gasteiger partial charge in [-0.05, 0) is 40.2 Å². The van der Waals surface area contributed by atoms with Crippen LogP contribution in [-0.4, -0.2) is 10.8 Å². The lowest BCUT2D eigenvalue weighted by molar-refractivity contribution is -0.384. The van der Waals surface area contributed by atoms with E-state index in [-0.39, 0.29) is 22.0 Å². The van der Waals surface area contributed by atoms with E-state index in [1.165, 1.54) is 24.3 Å². The number of amides is 1. The van der Waals surface area contributed by atoms with Gasteiger partial charge >= 0.3 is 0 Å². The second kappa shape index (κ2) is 6.19. The van der Waals surface area contributed by atoms with E-state index in [1.54, 1.807) is 0 Å². The number of anilines is 1. The number of benzene rings is 2. The Labute approximate surface area is 132 Å². The highest BCUT2D eigenvalue weighted by Crippen LogP contribution is 2.28. The predicted molar refractivity (Wildman–Crippen MR) is 80.2 cm³/mol. The van der Waals surface area contributed by atoms with Gasteiger partial charge in [-0.1, -0.05) is 17.7 Å². The minimum Gasteiger partial charge on any atom is -0.322 e. The van der Waals surface area contributed by atoms with Gasteiger partial charge in [0.2, 0.25) is 0 Å². The maximum Gasteiger partial charge on any atom is 0.288 e. The van der Waals surface area contributed by atoms with Gasteiger partial charge < -0.3 is 5.32 Å². The average Bonchev–Trinajstić information content (AvgIpc) is 2.37. The Morgan fingerprint density at radius 2 is 2.05 bits per heavy atom. The van der Waals surface area contributed by atoms with Gasteiger partial charge in [0.25, 0.3) is 11.6 Å². The molecule has 0 saturated carbocycles. The molecular weight excluding hydrogens is 367 g/mol. The first kappa shape index (κ1) is 15.4.